The van der Waals surface area contributed by atoms with Crippen molar-refractivity contribution >= 4 is 17.3 Å². The van der Waals surface area contributed by atoms with Crippen molar-refractivity contribution in [2.75, 3.05) is 6.54 Å². The summed E-state index contributed by atoms with van der Waals surface area (Å²) < 4.78 is 39.5. The number of aromatic nitrogens is 2. The van der Waals surface area contributed by atoms with E-state index in [1.807, 2.05) is 32.0 Å². The molecule has 2 saturated carbocycles. The SMILES string of the molecule is CC1(C)C(CNC(=O)[C@@H]2C[C@H]2C(F)(F)F)CC1NC(=O)c1cnn2ccccc12. The van der Waals surface area contributed by atoms with E-state index in [2.05, 4.69) is 15.7 Å². The summed E-state index contributed by atoms with van der Waals surface area (Å²) in [4.78, 5) is 24.6. The molecule has 2 N–H and O–H groups in total. The predicted molar refractivity (Wildman–Crippen MR) is 99.0 cm³/mol. The number of rotatable bonds is 5. The number of hydrogen-bond donors (Lipinski definition) is 2. The first-order valence-corrected chi connectivity index (χ1v) is 9.66. The molecule has 2 fully saturated rings. The van der Waals surface area contributed by atoms with Crippen LogP contribution in [0.25, 0.3) is 5.52 Å². The third-order valence-corrected chi connectivity index (χ3v) is 6.52. The maximum Gasteiger partial charge on any atom is 0.392 e. The van der Waals surface area contributed by atoms with Crippen molar-refractivity contribution in [2.45, 2.75) is 38.9 Å². The van der Waals surface area contributed by atoms with E-state index in [-0.39, 0.29) is 29.7 Å². The third-order valence-electron chi connectivity index (χ3n) is 6.52. The molecule has 0 saturated heterocycles. The Morgan fingerprint density at radius 2 is 2.03 bits per heavy atom. The van der Waals surface area contributed by atoms with Gasteiger partial charge in [-0.05, 0) is 36.3 Å². The summed E-state index contributed by atoms with van der Waals surface area (Å²) >= 11 is 0. The number of fused-ring (bicyclic) bond motifs is 1. The van der Waals surface area contributed by atoms with Crippen molar-refractivity contribution < 1.29 is 22.8 Å². The largest absolute Gasteiger partial charge is 0.392 e. The highest BCUT2D eigenvalue weighted by atomic mass is 19.4. The van der Waals surface area contributed by atoms with E-state index in [1.54, 1.807) is 10.7 Å². The fraction of sp³-hybridized carbons (Fsp3) is 0.550. The Labute approximate surface area is 165 Å². The van der Waals surface area contributed by atoms with E-state index in [0.29, 0.717) is 18.5 Å². The molecule has 0 radical (unpaired) electrons. The quantitative estimate of drug-likeness (QED) is 0.799. The molecule has 6 nitrogen and oxygen atoms in total. The summed E-state index contributed by atoms with van der Waals surface area (Å²) in [6.07, 6.45) is -0.472. The molecule has 2 aliphatic carbocycles. The molecule has 2 heterocycles. The van der Waals surface area contributed by atoms with Crippen LogP contribution in [0.15, 0.2) is 30.6 Å². The summed E-state index contributed by atoms with van der Waals surface area (Å²) in [6.45, 7) is 4.30. The van der Waals surface area contributed by atoms with Crippen LogP contribution < -0.4 is 10.6 Å². The van der Waals surface area contributed by atoms with Crippen LogP contribution in [0.4, 0.5) is 13.2 Å². The molecule has 156 valence electrons. The first-order valence-electron chi connectivity index (χ1n) is 9.66. The van der Waals surface area contributed by atoms with Crippen molar-refractivity contribution in [3.63, 3.8) is 0 Å². The standard InChI is InChI=1S/C20H23F3N4O2/c1-19(2)11(9-24-17(28)12-8-14(12)20(21,22)23)7-16(19)26-18(29)13-10-25-27-6-4-3-5-15(13)27/h3-6,10-12,14,16H,7-9H2,1-2H3,(H,24,28)(H,26,29)/t11?,12-,14-,16?/m1/s1. The topological polar surface area (TPSA) is 75.5 Å². The van der Waals surface area contributed by atoms with E-state index >= 15 is 0 Å². The fourth-order valence-corrected chi connectivity index (χ4v) is 4.15. The summed E-state index contributed by atoms with van der Waals surface area (Å²) in [6, 6.07) is 5.40. The highest BCUT2D eigenvalue weighted by Crippen LogP contribution is 2.50. The summed E-state index contributed by atoms with van der Waals surface area (Å²) in [7, 11) is 0. The number of carbonyl (C=O) groups is 2. The zero-order valence-electron chi connectivity index (χ0n) is 16.2. The molecule has 2 amide bonds. The Hall–Kier alpha value is -2.58. The second kappa shape index (κ2) is 6.74. The summed E-state index contributed by atoms with van der Waals surface area (Å²) in [5.74, 6) is -3.11. The maximum absolute atomic E-state index is 12.7. The van der Waals surface area contributed by atoms with Gasteiger partial charge in [-0.1, -0.05) is 19.9 Å². The van der Waals surface area contributed by atoms with Crippen molar-refractivity contribution in [2.24, 2.45) is 23.2 Å². The van der Waals surface area contributed by atoms with Crippen molar-refractivity contribution in [1.29, 1.82) is 0 Å². The Kier molecular flexibility index (Phi) is 4.59. The van der Waals surface area contributed by atoms with E-state index < -0.39 is 23.9 Å². The molecule has 4 atom stereocenters. The van der Waals surface area contributed by atoms with Gasteiger partial charge in [0, 0.05) is 18.8 Å². The lowest BCUT2D eigenvalue weighted by atomic mass is 9.58. The van der Waals surface area contributed by atoms with Gasteiger partial charge in [0.25, 0.3) is 5.91 Å². The van der Waals surface area contributed by atoms with E-state index in [4.69, 9.17) is 0 Å². The highest BCUT2D eigenvalue weighted by molar-refractivity contribution is 6.00. The van der Waals surface area contributed by atoms with Gasteiger partial charge in [-0.25, -0.2) is 4.52 Å². The van der Waals surface area contributed by atoms with Crippen LogP contribution in [0.2, 0.25) is 0 Å². The minimum atomic E-state index is -4.30. The Morgan fingerprint density at radius 3 is 2.69 bits per heavy atom. The van der Waals surface area contributed by atoms with Gasteiger partial charge in [0.15, 0.2) is 0 Å². The molecule has 9 heteroatoms. The molecule has 0 aliphatic heterocycles. The molecular weight excluding hydrogens is 385 g/mol. The number of amides is 2. The van der Waals surface area contributed by atoms with Gasteiger partial charge in [-0.15, -0.1) is 0 Å². The monoisotopic (exact) mass is 408 g/mol. The third kappa shape index (κ3) is 3.58. The average molecular weight is 408 g/mol. The summed E-state index contributed by atoms with van der Waals surface area (Å²) in [5.41, 5.74) is 0.929. The van der Waals surface area contributed by atoms with Crippen molar-refractivity contribution in [1.82, 2.24) is 20.2 Å². The zero-order chi connectivity index (χ0) is 21.0. The lowest BCUT2D eigenvalue weighted by molar-refractivity contribution is -0.155. The molecule has 2 aliphatic rings. The molecule has 4 rings (SSSR count). The van der Waals surface area contributed by atoms with Crippen LogP contribution in [0, 0.1) is 23.2 Å². The van der Waals surface area contributed by atoms with Gasteiger partial charge in [-0.2, -0.15) is 18.3 Å². The first kappa shape index (κ1) is 19.7. The minimum Gasteiger partial charge on any atom is -0.356 e. The molecule has 0 spiro atoms. The van der Waals surface area contributed by atoms with E-state index in [9.17, 15) is 22.8 Å². The average Bonchev–Trinajstić information content (AvgIpc) is 3.37. The number of carbonyl (C=O) groups excluding carboxylic acids is 2. The van der Waals surface area contributed by atoms with Gasteiger partial charge < -0.3 is 10.6 Å². The second-order valence-electron chi connectivity index (χ2n) is 8.60. The minimum absolute atomic E-state index is 0.0839. The van der Waals surface area contributed by atoms with Crippen molar-refractivity contribution in [3.8, 4) is 0 Å². The molecule has 2 aromatic heterocycles. The van der Waals surface area contributed by atoms with Gasteiger partial charge in [-0.3, -0.25) is 9.59 Å². The lowest BCUT2D eigenvalue weighted by Gasteiger charge is -2.52. The summed E-state index contributed by atoms with van der Waals surface area (Å²) in [5, 5.41) is 9.86. The van der Waals surface area contributed by atoms with E-state index in [0.717, 1.165) is 5.52 Å². The van der Waals surface area contributed by atoms with Crippen molar-refractivity contribution in [3.05, 3.63) is 36.2 Å². The number of nitrogens with one attached hydrogen (secondary N) is 2. The Balaban J connectivity index is 1.30. The van der Waals surface area contributed by atoms with E-state index in [1.165, 1.54) is 6.20 Å². The number of nitrogens with zero attached hydrogens (tertiary/aromatic N) is 2. The lowest BCUT2D eigenvalue weighted by Crippen LogP contribution is -2.60. The fourth-order valence-electron chi connectivity index (χ4n) is 4.15. The van der Waals surface area contributed by atoms with Gasteiger partial charge in [0.1, 0.15) is 0 Å². The number of alkyl halides is 3. The van der Waals surface area contributed by atoms with Crippen LogP contribution >= 0.6 is 0 Å². The van der Waals surface area contributed by atoms with Gasteiger partial charge in [0.2, 0.25) is 5.91 Å². The normalized spacial score (nSPS) is 27.9. The first-order chi connectivity index (χ1) is 13.6. The number of pyridine rings is 1. The number of hydrogen-bond acceptors (Lipinski definition) is 3. The van der Waals surface area contributed by atoms with Crippen LogP contribution in [0.3, 0.4) is 0 Å². The predicted octanol–water partition coefficient (Wildman–Crippen LogP) is 2.79. The number of halogens is 3. The maximum atomic E-state index is 12.7. The molecule has 2 unspecified atom stereocenters. The smallest absolute Gasteiger partial charge is 0.356 e. The molecule has 0 bridgehead atoms. The van der Waals surface area contributed by atoms with Gasteiger partial charge >= 0.3 is 6.18 Å². The zero-order valence-corrected chi connectivity index (χ0v) is 16.2. The molecule has 29 heavy (non-hydrogen) atoms. The second-order valence-corrected chi connectivity index (χ2v) is 8.60. The molecule has 2 aromatic rings. The molecular formula is C20H23F3N4O2. The molecule has 0 aromatic carbocycles. The Morgan fingerprint density at radius 1 is 1.28 bits per heavy atom. The highest BCUT2D eigenvalue weighted by Gasteiger charge is 2.59. The van der Waals surface area contributed by atoms with Gasteiger partial charge in [0.05, 0.1) is 29.1 Å². The van der Waals surface area contributed by atoms with Crippen LogP contribution in [0.1, 0.15) is 37.0 Å². The Bertz CT molecular complexity index is 953. The van der Waals surface area contributed by atoms with Crippen LogP contribution in [0.5, 0.6) is 0 Å². The van der Waals surface area contributed by atoms with Crippen LogP contribution in [-0.4, -0.2) is 40.2 Å². The van der Waals surface area contributed by atoms with Crippen LogP contribution in [-0.2, 0) is 4.79 Å².